The Labute approximate surface area is 199 Å². The number of aliphatic imine (C=N–C) groups is 1. The van der Waals surface area contributed by atoms with Gasteiger partial charge in [-0.3, -0.25) is 9.79 Å². The molecule has 4 rings (SSSR count). The van der Waals surface area contributed by atoms with Crippen molar-refractivity contribution < 1.29 is 4.79 Å². The third-order valence-electron chi connectivity index (χ3n) is 5.84. The number of likely N-dealkylation sites (N-methyl/N-ethyl adjacent to an activating group) is 1. The first-order valence-corrected chi connectivity index (χ1v) is 11.7. The van der Waals surface area contributed by atoms with Crippen LogP contribution in [0.2, 0.25) is 0 Å². The molecule has 5 nitrogen and oxygen atoms in total. The van der Waals surface area contributed by atoms with Crippen molar-refractivity contribution in [2.75, 3.05) is 13.6 Å². The Morgan fingerprint density at radius 2 is 2.06 bits per heavy atom. The molecule has 1 heterocycles. The second kappa shape index (κ2) is 10.3. The highest BCUT2D eigenvalue weighted by atomic mass is 35.5. The van der Waals surface area contributed by atoms with E-state index in [-0.39, 0.29) is 11.8 Å². The molecule has 0 saturated heterocycles. The second-order valence-corrected chi connectivity index (χ2v) is 8.94. The van der Waals surface area contributed by atoms with Gasteiger partial charge in [-0.25, -0.2) is 0 Å². The second-order valence-electron chi connectivity index (χ2n) is 8.05. The molecule has 0 spiro atoms. The zero-order valence-electron chi connectivity index (χ0n) is 18.1. The average molecular weight is 467 g/mol. The quantitative estimate of drug-likeness (QED) is 0.637. The van der Waals surface area contributed by atoms with Crippen molar-refractivity contribution in [1.82, 2.24) is 15.5 Å². The Bertz CT molecular complexity index is 1040. The number of fused-ring (bicyclic) bond motifs is 1. The molecule has 7 heteroatoms. The fourth-order valence-electron chi connectivity index (χ4n) is 4.15. The minimum absolute atomic E-state index is 0.0677. The van der Waals surface area contributed by atoms with Crippen molar-refractivity contribution in [3.8, 4) is 0 Å². The topological polar surface area (TPSA) is 56.7 Å². The molecule has 1 aliphatic heterocycles. The molecule has 2 atom stereocenters. The lowest BCUT2D eigenvalue weighted by Gasteiger charge is -2.29. The molecule has 1 amide bonds. The van der Waals surface area contributed by atoms with E-state index < -0.39 is 6.17 Å². The summed E-state index contributed by atoms with van der Waals surface area (Å²) < 4.78 is 0. The van der Waals surface area contributed by atoms with E-state index in [0.29, 0.717) is 18.1 Å². The smallest absolute Gasteiger partial charge is 0.271 e. The number of carbonyl (C=O) groups is 1. The number of halogens is 1. The average Bonchev–Trinajstić information content (AvgIpc) is 2.91. The summed E-state index contributed by atoms with van der Waals surface area (Å²) in [4.78, 5) is 19.9. The number of benzene rings is 1. The number of rotatable bonds is 5. The predicted octanol–water partition coefficient (Wildman–Crippen LogP) is 4.24. The van der Waals surface area contributed by atoms with Gasteiger partial charge in [0, 0.05) is 30.2 Å². The number of amides is 1. The standard InChI is InChI=1S/C25H27ClN4OS/c1-30-21-13-12-19(26)16-20(21)22(18-10-6-3-7-11-18)28-23(24(30)31)29-25(32)27-15-14-17-8-4-2-5-9-17/h2,4-6,8-13,20,23H,3,7,14-16H2,1H3,(H2,27,29,32). The van der Waals surface area contributed by atoms with Crippen molar-refractivity contribution in [3.05, 3.63) is 82.6 Å². The Kier molecular flexibility index (Phi) is 7.22. The summed E-state index contributed by atoms with van der Waals surface area (Å²) in [5.74, 6) is -0.211. The van der Waals surface area contributed by atoms with E-state index in [9.17, 15) is 4.79 Å². The molecule has 0 fully saturated rings. The summed E-state index contributed by atoms with van der Waals surface area (Å²) in [5, 5.41) is 7.51. The lowest BCUT2D eigenvalue weighted by molar-refractivity contribution is -0.129. The fourth-order valence-corrected chi connectivity index (χ4v) is 4.58. The predicted molar refractivity (Wildman–Crippen MR) is 134 cm³/mol. The maximum absolute atomic E-state index is 13.3. The summed E-state index contributed by atoms with van der Waals surface area (Å²) in [5.41, 5.74) is 4.06. The van der Waals surface area contributed by atoms with Gasteiger partial charge in [-0.05, 0) is 61.2 Å². The molecular formula is C25H27ClN4OS. The summed E-state index contributed by atoms with van der Waals surface area (Å²) in [7, 11) is 1.79. The molecule has 0 bridgehead atoms. The molecular weight excluding hydrogens is 440 g/mol. The van der Waals surface area contributed by atoms with Gasteiger partial charge in [0.05, 0.1) is 5.71 Å². The number of nitrogens with one attached hydrogen (secondary N) is 2. The first kappa shape index (κ1) is 22.5. The Morgan fingerprint density at radius 3 is 2.81 bits per heavy atom. The van der Waals surface area contributed by atoms with Gasteiger partial charge in [0.2, 0.25) is 6.17 Å². The van der Waals surface area contributed by atoms with Crippen LogP contribution < -0.4 is 10.6 Å². The molecule has 166 valence electrons. The van der Waals surface area contributed by atoms with Crippen LogP contribution in [0.4, 0.5) is 0 Å². The van der Waals surface area contributed by atoms with E-state index in [4.69, 9.17) is 28.8 Å². The molecule has 0 aromatic heterocycles. The van der Waals surface area contributed by atoms with Crippen molar-refractivity contribution in [2.24, 2.45) is 10.9 Å². The van der Waals surface area contributed by atoms with Gasteiger partial charge in [0.25, 0.3) is 5.91 Å². The van der Waals surface area contributed by atoms with Crippen LogP contribution >= 0.6 is 23.8 Å². The zero-order chi connectivity index (χ0) is 22.5. The maximum Gasteiger partial charge on any atom is 0.271 e. The zero-order valence-corrected chi connectivity index (χ0v) is 19.6. The van der Waals surface area contributed by atoms with Gasteiger partial charge in [0.15, 0.2) is 5.11 Å². The molecule has 3 aliphatic rings. The SMILES string of the molecule is CN1C(=O)C(NC(=S)NCCc2ccccc2)N=C(C2=CCCC=C2)C2CC(Cl)=CC=C21. The third-order valence-corrected chi connectivity index (χ3v) is 6.38. The van der Waals surface area contributed by atoms with Crippen LogP contribution in [0.15, 0.2) is 82.0 Å². The number of thiocarbonyl (C=S) groups is 1. The molecule has 0 radical (unpaired) electrons. The highest BCUT2D eigenvalue weighted by Crippen LogP contribution is 2.35. The van der Waals surface area contributed by atoms with Crippen LogP contribution in [0, 0.1) is 5.92 Å². The van der Waals surface area contributed by atoms with Gasteiger partial charge in [-0.1, -0.05) is 60.2 Å². The van der Waals surface area contributed by atoms with Crippen LogP contribution in [0.5, 0.6) is 0 Å². The van der Waals surface area contributed by atoms with Crippen LogP contribution in [0.1, 0.15) is 24.8 Å². The number of hydrogen-bond acceptors (Lipinski definition) is 3. The minimum atomic E-state index is -0.798. The minimum Gasteiger partial charge on any atom is -0.362 e. The number of nitrogens with zero attached hydrogens (tertiary/aromatic N) is 2. The summed E-state index contributed by atoms with van der Waals surface area (Å²) >= 11 is 11.9. The van der Waals surface area contributed by atoms with Crippen LogP contribution in [-0.4, -0.2) is 41.4 Å². The first-order chi connectivity index (χ1) is 15.5. The number of carbonyl (C=O) groups excluding carboxylic acids is 1. The maximum atomic E-state index is 13.3. The Morgan fingerprint density at radius 1 is 1.25 bits per heavy atom. The van der Waals surface area contributed by atoms with E-state index in [1.54, 1.807) is 11.9 Å². The summed E-state index contributed by atoms with van der Waals surface area (Å²) in [6.07, 6.45) is 12.9. The van der Waals surface area contributed by atoms with E-state index in [1.807, 2.05) is 30.4 Å². The largest absolute Gasteiger partial charge is 0.362 e. The van der Waals surface area contributed by atoms with Crippen molar-refractivity contribution in [3.63, 3.8) is 0 Å². The van der Waals surface area contributed by atoms with Crippen LogP contribution in [0.25, 0.3) is 0 Å². The van der Waals surface area contributed by atoms with Crippen LogP contribution in [-0.2, 0) is 11.2 Å². The van der Waals surface area contributed by atoms with Gasteiger partial charge in [-0.2, -0.15) is 0 Å². The third kappa shape index (κ3) is 5.19. The number of hydrogen-bond donors (Lipinski definition) is 2. The first-order valence-electron chi connectivity index (χ1n) is 10.9. The van der Waals surface area contributed by atoms with Crippen molar-refractivity contribution in [1.29, 1.82) is 0 Å². The Hall–Kier alpha value is -2.70. The highest BCUT2D eigenvalue weighted by molar-refractivity contribution is 7.80. The molecule has 1 aromatic rings. The van der Waals surface area contributed by atoms with Crippen molar-refractivity contribution >= 4 is 40.6 Å². The lowest BCUT2D eigenvalue weighted by atomic mass is 9.85. The van der Waals surface area contributed by atoms with E-state index in [1.165, 1.54) is 5.56 Å². The van der Waals surface area contributed by atoms with Crippen LogP contribution in [0.3, 0.4) is 0 Å². The van der Waals surface area contributed by atoms with Gasteiger partial charge < -0.3 is 15.5 Å². The molecule has 0 saturated carbocycles. The summed E-state index contributed by atoms with van der Waals surface area (Å²) in [6, 6.07) is 10.2. The van der Waals surface area contributed by atoms with Gasteiger partial charge >= 0.3 is 0 Å². The lowest BCUT2D eigenvalue weighted by Crippen LogP contribution is -2.49. The summed E-state index contributed by atoms with van der Waals surface area (Å²) in [6.45, 7) is 0.671. The monoisotopic (exact) mass is 466 g/mol. The van der Waals surface area contributed by atoms with Crippen molar-refractivity contribution in [2.45, 2.75) is 31.8 Å². The van der Waals surface area contributed by atoms with Gasteiger partial charge in [0.1, 0.15) is 0 Å². The molecule has 2 unspecified atom stereocenters. The fraction of sp³-hybridized carbons (Fsp3) is 0.320. The Balaban J connectivity index is 1.53. The highest BCUT2D eigenvalue weighted by Gasteiger charge is 2.37. The normalized spacial score (nSPS) is 22.7. The van der Waals surface area contributed by atoms with E-state index in [2.05, 4.69) is 41.0 Å². The molecule has 2 aliphatic carbocycles. The number of allylic oxidation sites excluding steroid dienone is 8. The van der Waals surface area contributed by atoms with E-state index >= 15 is 0 Å². The molecule has 1 aromatic carbocycles. The molecule has 2 N–H and O–H groups in total. The molecule has 32 heavy (non-hydrogen) atoms. The van der Waals surface area contributed by atoms with Gasteiger partial charge in [-0.15, -0.1) is 0 Å². The van der Waals surface area contributed by atoms with E-state index in [0.717, 1.165) is 41.3 Å².